The summed E-state index contributed by atoms with van der Waals surface area (Å²) in [4.78, 5) is 0. The lowest BCUT2D eigenvalue weighted by Gasteiger charge is -2.26. The Morgan fingerprint density at radius 1 is 1.21 bits per heavy atom. The monoisotopic (exact) mass is 283 g/mol. The molecule has 0 bridgehead atoms. The number of hydrogen-bond acceptors (Lipinski definition) is 4. The van der Waals surface area contributed by atoms with Crippen LogP contribution in [-0.2, 0) is 0 Å². The molecule has 2 aliphatic rings. The number of hydrogen-bond donors (Lipinski definition) is 2. The van der Waals surface area contributed by atoms with Gasteiger partial charge in [-0.3, -0.25) is 0 Å². The van der Waals surface area contributed by atoms with E-state index in [0.29, 0.717) is 29.7 Å². The van der Waals surface area contributed by atoms with Gasteiger partial charge in [0, 0.05) is 18.1 Å². The molecule has 5 heteroatoms. The van der Waals surface area contributed by atoms with Gasteiger partial charge in [0.1, 0.15) is 5.75 Å². The van der Waals surface area contributed by atoms with Gasteiger partial charge in [0.15, 0.2) is 11.5 Å². The lowest BCUT2D eigenvalue weighted by Crippen LogP contribution is -2.27. The standard InChI is InChI=1S/C14H18ClNO3/c15-10-8-11-14(19-7-1-6-18-11)12(13(10)17)9-2-4-16-5-3-9/h8-9,16-17H,1-7H2. The predicted octanol–water partition coefficient (Wildman–Crippen LogP) is 2.67. The summed E-state index contributed by atoms with van der Waals surface area (Å²) in [6.45, 7) is 3.14. The molecule has 0 aromatic heterocycles. The van der Waals surface area contributed by atoms with Crippen LogP contribution >= 0.6 is 11.6 Å². The van der Waals surface area contributed by atoms with Crippen LogP contribution in [-0.4, -0.2) is 31.4 Å². The largest absolute Gasteiger partial charge is 0.506 e. The third-order valence-electron chi connectivity index (χ3n) is 3.75. The molecule has 3 rings (SSSR count). The number of phenols is 1. The zero-order chi connectivity index (χ0) is 13.2. The van der Waals surface area contributed by atoms with E-state index >= 15 is 0 Å². The summed E-state index contributed by atoms with van der Waals surface area (Å²) in [5, 5.41) is 14.0. The van der Waals surface area contributed by atoms with E-state index in [4.69, 9.17) is 21.1 Å². The van der Waals surface area contributed by atoms with Crippen LogP contribution in [0.25, 0.3) is 0 Å². The first-order chi connectivity index (χ1) is 9.27. The Balaban J connectivity index is 2.07. The van der Waals surface area contributed by atoms with E-state index in [9.17, 15) is 5.11 Å². The topological polar surface area (TPSA) is 50.7 Å². The van der Waals surface area contributed by atoms with Gasteiger partial charge in [-0.2, -0.15) is 0 Å². The summed E-state index contributed by atoms with van der Waals surface area (Å²) in [5.41, 5.74) is 0.825. The highest BCUT2D eigenvalue weighted by Crippen LogP contribution is 2.48. The van der Waals surface area contributed by atoms with Crippen molar-refractivity contribution in [3.05, 3.63) is 16.7 Å². The molecule has 0 atom stereocenters. The number of nitrogens with one attached hydrogen (secondary N) is 1. The highest BCUT2D eigenvalue weighted by Gasteiger charge is 2.28. The predicted molar refractivity (Wildman–Crippen MR) is 73.6 cm³/mol. The van der Waals surface area contributed by atoms with Crippen LogP contribution in [0.5, 0.6) is 17.2 Å². The second-order valence-electron chi connectivity index (χ2n) is 5.02. The van der Waals surface area contributed by atoms with Crippen LogP contribution in [0, 0.1) is 0 Å². The Bertz CT molecular complexity index is 472. The van der Waals surface area contributed by atoms with E-state index in [2.05, 4.69) is 5.32 Å². The molecule has 4 nitrogen and oxygen atoms in total. The zero-order valence-electron chi connectivity index (χ0n) is 10.7. The van der Waals surface area contributed by atoms with Gasteiger partial charge >= 0.3 is 0 Å². The van der Waals surface area contributed by atoms with Crippen molar-refractivity contribution in [3.8, 4) is 17.2 Å². The lowest BCUT2D eigenvalue weighted by atomic mass is 9.88. The number of fused-ring (bicyclic) bond motifs is 1. The third kappa shape index (κ3) is 2.47. The van der Waals surface area contributed by atoms with E-state index in [-0.39, 0.29) is 11.7 Å². The van der Waals surface area contributed by atoms with Gasteiger partial charge in [0.05, 0.1) is 18.2 Å². The fourth-order valence-corrected chi connectivity index (χ4v) is 2.98. The summed E-state index contributed by atoms with van der Waals surface area (Å²) >= 11 is 6.12. The molecule has 2 N–H and O–H groups in total. The minimum absolute atomic E-state index is 0.151. The first-order valence-corrected chi connectivity index (χ1v) is 7.17. The van der Waals surface area contributed by atoms with Gasteiger partial charge < -0.3 is 19.9 Å². The number of benzene rings is 1. The van der Waals surface area contributed by atoms with E-state index in [1.807, 2.05) is 0 Å². The Hall–Kier alpha value is -1.13. The smallest absolute Gasteiger partial charge is 0.168 e. The number of aromatic hydroxyl groups is 1. The second kappa shape index (κ2) is 5.47. The summed E-state index contributed by atoms with van der Waals surface area (Å²) < 4.78 is 11.5. The maximum Gasteiger partial charge on any atom is 0.168 e. The lowest BCUT2D eigenvalue weighted by molar-refractivity contribution is 0.294. The Morgan fingerprint density at radius 3 is 2.74 bits per heavy atom. The minimum atomic E-state index is 0.151. The van der Waals surface area contributed by atoms with Gasteiger partial charge in [0.25, 0.3) is 0 Å². The third-order valence-corrected chi connectivity index (χ3v) is 4.04. The highest BCUT2D eigenvalue weighted by atomic mass is 35.5. The number of rotatable bonds is 1. The summed E-state index contributed by atoms with van der Waals surface area (Å²) in [6.07, 6.45) is 2.80. The van der Waals surface area contributed by atoms with Crippen LogP contribution in [0.4, 0.5) is 0 Å². The minimum Gasteiger partial charge on any atom is -0.506 e. The highest BCUT2D eigenvalue weighted by molar-refractivity contribution is 6.32. The van der Waals surface area contributed by atoms with Crippen molar-refractivity contribution in [3.63, 3.8) is 0 Å². The van der Waals surface area contributed by atoms with Crippen molar-refractivity contribution in [2.24, 2.45) is 0 Å². The van der Waals surface area contributed by atoms with Crippen molar-refractivity contribution >= 4 is 11.6 Å². The molecule has 1 aromatic rings. The molecule has 2 heterocycles. The van der Waals surface area contributed by atoms with Gasteiger partial charge in [-0.15, -0.1) is 0 Å². The van der Waals surface area contributed by atoms with Crippen molar-refractivity contribution < 1.29 is 14.6 Å². The summed E-state index contributed by atoms with van der Waals surface area (Å²) in [7, 11) is 0. The molecule has 0 amide bonds. The molecule has 0 saturated carbocycles. The van der Waals surface area contributed by atoms with Gasteiger partial charge in [-0.25, -0.2) is 0 Å². The van der Waals surface area contributed by atoms with E-state index in [1.165, 1.54) is 0 Å². The first kappa shape index (κ1) is 12.9. The van der Waals surface area contributed by atoms with E-state index < -0.39 is 0 Å². The van der Waals surface area contributed by atoms with Gasteiger partial charge in [-0.1, -0.05) is 11.6 Å². The average molecular weight is 284 g/mol. The Kier molecular flexibility index (Phi) is 3.71. The quantitative estimate of drug-likeness (QED) is 0.832. The fraction of sp³-hybridized carbons (Fsp3) is 0.571. The van der Waals surface area contributed by atoms with Crippen LogP contribution in [0.15, 0.2) is 6.07 Å². The van der Waals surface area contributed by atoms with Crippen LogP contribution in [0.1, 0.15) is 30.7 Å². The Morgan fingerprint density at radius 2 is 1.95 bits per heavy atom. The van der Waals surface area contributed by atoms with Crippen LogP contribution in [0.3, 0.4) is 0 Å². The van der Waals surface area contributed by atoms with Crippen molar-refractivity contribution in [2.45, 2.75) is 25.2 Å². The number of ether oxygens (including phenoxy) is 2. The molecule has 1 aromatic carbocycles. The molecule has 0 unspecified atom stereocenters. The molecule has 0 radical (unpaired) electrons. The molecule has 104 valence electrons. The molecule has 2 aliphatic heterocycles. The van der Waals surface area contributed by atoms with Crippen molar-refractivity contribution in [2.75, 3.05) is 26.3 Å². The SMILES string of the molecule is Oc1c(Cl)cc2c(c1C1CCNCC1)OCCCO2. The molecule has 1 saturated heterocycles. The number of piperidine rings is 1. The maximum absolute atomic E-state index is 10.3. The molecule has 0 spiro atoms. The Labute approximate surface area is 117 Å². The van der Waals surface area contributed by atoms with Crippen molar-refractivity contribution in [1.82, 2.24) is 5.32 Å². The van der Waals surface area contributed by atoms with E-state index in [0.717, 1.165) is 37.9 Å². The summed E-state index contributed by atoms with van der Waals surface area (Å²) in [5.74, 6) is 1.77. The second-order valence-corrected chi connectivity index (χ2v) is 5.43. The van der Waals surface area contributed by atoms with Gasteiger partial charge in [0.2, 0.25) is 0 Å². The number of halogens is 1. The molecule has 0 aliphatic carbocycles. The van der Waals surface area contributed by atoms with Crippen molar-refractivity contribution in [1.29, 1.82) is 0 Å². The maximum atomic E-state index is 10.3. The summed E-state index contributed by atoms with van der Waals surface area (Å²) in [6, 6.07) is 1.65. The fourth-order valence-electron chi connectivity index (χ4n) is 2.78. The zero-order valence-corrected chi connectivity index (χ0v) is 11.5. The van der Waals surface area contributed by atoms with Gasteiger partial charge in [-0.05, 0) is 31.8 Å². The average Bonchev–Trinajstić information content (AvgIpc) is 2.66. The first-order valence-electron chi connectivity index (χ1n) is 6.79. The van der Waals surface area contributed by atoms with Crippen LogP contribution in [0.2, 0.25) is 5.02 Å². The molecule has 1 fully saturated rings. The molecule has 19 heavy (non-hydrogen) atoms. The molecular weight excluding hydrogens is 266 g/mol. The van der Waals surface area contributed by atoms with E-state index in [1.54, 1.807) is 6.07 Å². The normalized spacial score (nSPS) is 20.1. The number of phenolic OH excluding ortho intramolecular Hbond substituents is 1. The molecular formula is C14H18ClNO3. The van der Waals surface area contributed by atoms with Crippen LogP contribution < -0.4 is 14.8 Å².